The van der Waals surface area contributed by atoms with Crippen LogP contribution in [0.4, 0.5) is 0 Å². The molecule has 2 heterocycles. The number of hydrogen-bond donors (Lipinski definition) is 0. The zero-order chi connectivity index (χ0) is 26.9. The number of hydrogen-bond acceptors (Lipinski definition) is 8. The number of rotatable bonds is 7. The molecule has 0 saturated heterocycles. The molecular weight excluding hydrogens is 516 g/mol. The maximum absolute atomic E-state index is 13.8. The fourth-order valence-electron chi connectivity index (χ4n) is 4.19. The fourth-order valence-corrected chi connectivity index (χ4v) is 5.47. The number of allylic oxidation sites excluding steroid dienone is 1. The summed E-state index contributed by atoms with van der Waals surface area (Å²) >= 11 is 7.78. The molecule has 1 aliphatic heterocycles. The normalized spacial score (nSPS) is 15.4. The molecule has 0 fully saturated rings. The summed E-state index contributed by atoms with van der Waals surface area (Å²) < 4.78 is 23.7. The molecule has 0 radical (unpaired) electrons. The number of benzene rings is 2. The summed E-state index contributed by atoms with van der Waals surface area (Å²) in [7, 11) is 4.58. The van der Waals surface area contributed by atoms with E-state index in [0.29, 0.717) is 48.4 Å². The van der Waals surface area contributed by atoms with Crippen molar-refractivity contribution in [3.05, 3.63) is 83.5 Å². The first-order valence-electron chi connectivity index (χ1n) is 11.5. The Morgan fingerprint density at radius 1 is 1.11 bits per heavy atom. The van der Waals surface area contributed by atoms with Gasteiger partial charge in [0.1, 0.15) is 6.04 Å². The van der Waals surface area contributed by atoms with Crippen molar-refractivity contribution in [2.45, 2.75) is 32.9 Å². The molecule has 194 valence electrons. The first-order chi connectivity index (χ1) is 17.7. The zero-order valence-corrected chi connectivity index (χ0v) is 22.9. The van der Waals surface area contributed by atoms with E-state index in [9.17, 15) is 9.59 Å². The number of nitrogens with zero attached hydrogens (tertiary/aromatic N) is 2. The van der Waals surface area contributed by atoms with Crippen LogP contribution in [0.2, 0.25) is 5.02 Å². The molecule has 0 spiro atoms. The van der Waals surface area contributed by atoms with Gasteiger partial charge in [0.25, 0.3) is 5.56 Å². The zero-order valence-electron chi connectivity index (χ0n) is 21.3. The molecule has 8 nitrogen and oxygen atoms in total. The number of methoxy groups -OCH3 is 3. The van der Waals surface area contributed by atoms with Crippen LogP contribution in [0.5, 0.6) is 17.2 Å². The average molecular weight is 543 g/mol. The van der Waals surface area contributed by atoms with Crippen molar-refractivity contribution in [3.8, 4) is 17.2 Å². The lowest BCUT2D eigenvalue weighted by Gasteiger charge is -2.26. The summed E-state index contributed by atoms with van der Waals surface area (Å²) in [6, 6.07) is 9.84. The second-order valence-electron chi connectivity index (χ2n) is 8.52. The number of aromatic nitrogens is 1. The highest BCUT2D eigenvalue weighted by atomic mass is 35.5. The van der Waals surface area contributed by atoms with Crippen LogP contribution in [0, 0.1) is 0 Å². The monoisotopic (exact) mass is 542 g/mol. The Bertz CT molecular complexity index is 1550. The van der Waals surface area contributed by atoms with Crippen LogP contribution in [0.15, 0.2) is 57.5 Å². The lowest BCUT2D eigenvalue weighted by atomic mass is 9.96. The van der Waals surface area contributed by atoms with Crippen LogP contribution in [0.3, 0.4) is 0 Å². The number of carbonyl (C=O) groups excluding carboxylic acids is 1. The maximum atomic E-state index is 13.8. The molecule has 0 amide bonds. The molecule has 0 saturated carbocycles. The number of halogens is 1. The van der Waals surface area contributed by atoms with Gasteiger partial charge < -0.3 is 18.9 Å². The van der Waals surface area contributed by atoms with Gasteiger partial charge in [0, 0.05) is 5.02 Å². The quantitative estimate of drug-likeness (QED) is 0.421. The standard InChI is InChI=1S/C27H27ClN2O6S/c1-14(2)36-26(32)22-15(3)29-27-30(23(22)17-9-7-8-10-18(17)28)25(31)21(37-27)13-16-11-19(33-4)24(35-6)20(12-16)34-5/h7-14,23H,1-6H3. The second kappa shape index (κ2) is 10.8. The molecule has 10 heteroatoms. The largest absolute Gasteiger partial charge is 0.493 e. The van der Waals surface area contributed by atoms with E-state index in [1.54, 1.807) is 57.2 Å². The molecule has 1 aliphatic rings. The molecule has 37 heavy (non-hydrogen) atoms. The molecule has 1 atom stereocenters. The van der Waals surface area contributed by atoms with Crippen LogP contribution in [0.1, 0.15) is 37.9 Å². The van der Waals surface area contributed by atoms with E-state index in [0.717, 1.165) is 0 Å². The Kier molecular flexibility index (Phi) is 7.75. The molecule has 0 N–H and O–H groups in total. The third-order valence-electron chi connectivity index (χ3n) is 5.77. The van der Waals surface area contributed by atoms with Crippen molar-refractivity contribution < 1.29 is 23.7 Å². The summed E-state index contributed by atoms with van der Waals surface area (Å²) in [5.41, 5.74) is 1.70. The first kappa shape index (κ1) is 26.5. The van der Waals surface area contributed by atoms with Crippen molar-refractivity contribution in [1.82, 2.24) is 4.57 Å². The Labute approximate surface area is 223 Å². The van der Waals surface area contributed by atoms with Gasteiger partial charge >= 0.3 is 5.97 Å². The first-order valence-corrected chi connectivity index (χ1v) is 12.7. The summed E-state index contributed by atoms with van der Waals surface area (Å²) in [4.78, 5) is 32.1. The Morgan fingerprint density at radius 3 is 2.32 bits per heavy atom. The summed E-state index contributed by atoms with van der Waals surface area (Å²) in [6.45, 7) is 5.27. The Hall–Kier alpha value is -3.56. The van der Waals surface area contributed by atoms with Crippen molar-refractivity contribution in [2.75, 3.05) is 21.3 Å². The van der Waals surface area contributed by atoms with Crippen LogP contribution < -0.4 is 29.1 Å². The molecule has 1 aromatic heterocycles. The molecule has 0 aliphatic carbocycles. The number of thiazole rings is 1. The van der Waals surface area contributed by atoms with Gasteiger partial charge in [-0.15, -0.1) is 0 Å². The van der Waals surface area contributed by atoms with E-state index in [2.05, 4.69) is 4.99 Å². The third kappa shape index (κ3) is 5.01. The smallest absolute Gasteiger partial charge is 0.338 e. The summed E-state index contributed by atoms with van der Waals surface area (Å²) in [5.74, 6) is 0.833. The Morgan fingerprint density at radius 2 is 1.76 bits per heavy atom. The lowest BCUT2D eigenvalue weighted by molar-refractivity contribution is -0.143. The van der Waals surface area contributed by atoms with E-state index in [4.69, 9.17) is 30.5 Å². The number of carbonyl (C=O) groups is 1. The predicted octanol–water partition coefficient (Wildman–Crippen LogP) is 3.87. The van der Waals surface area contributed by atoms with Crippen molar-refractivity contribution in [3.63, 3.8) is 0 Å². The molecular formula is C27H27ClN2O6S. The van der Waals surface area contributed by atoms with Crippen LogP contribution >= 0.6 is 22.9 Å². The van der Waals surface area contributed by atoms with Gasteiger partial charge in [0.2, 0.25) is 5.75 Å². The van der Waals surface area contributed by atoms with Crippen molar-refractivity contribution in [2.24, 2.45) is 4.99 Å². The second-order valence-corrected chi connectivity index (χ2v) is 9.93. The molecule has 1 unspecified atom stereocenters. The maximum Gasteiger partial charge on any atom is 0.338 e. The van der Waals surface area contributed by atoms with Gasteiger partial charge in [0.15, 0.2) is 16.3 Å². The van der Waals surface area contributed by atoms with Crippen molar-refractivity contribution >= 4 is 35.0 Å². The fraction of sp³-hybridized carbons (Fsp3) is 0.296. The molecule has 0 bridgehead atoms. The predicted molar refractivity (Wildman–Crippen MR) is 143 cm³/mol. The minimum atomic E-state index is -0.793. The van der Waals surface area contributed by atoms with Crippen LogP contribution in [-0.4, -0.2) is 38.0 Å². The van der Waals surface area contributed by atoms with E-state index in [1.807, 2.05) is 6.07 Å². The SMILES string of the molecule is COc1cc(C=c2sc3n(c2=O)C(c2ccccc2Cl)C(C(=O)OC(C)C)=C(C)N=3)cc(OC)c1OC. The summed E-state index contributed by atoms with van der Waals surface area (Å²) in [5, 5.41) is 0.427. The Balaban J connectivity index is 1.96. The molecule has 3 aromatic rings. The minimum absolute atomic E-state index is 0.272. The summed E-state index contributed by atoms with van der Waals surface area (Å²) in [6.07, 6.45) is 1.38. The van der Waals surface area contributed by atoms with Gasteiger partial charge in [-0.2, -0.15) is 0 Å². The van der Waals surface area contributed by atoms with Crippen LogP contribution in [-0.2, 0) is 9.53 Å². The van der Waals surface area contributed by atoms with Gasteiger partial charge in [-0.05, 0) is 56.2 Å². The van der Waals surface area contributed by atoms with E-state index < -0.39 is 12.0 Å². The molecule has 2 aromatic carbocycles. The van der Waals surface area contributed by atoms with Gasteiger partial charge in [-0.1, -0.05) is 41.1 Å². The lowest BCUT2D eigenvalue weighted by Crippen LogP contribution is -2.40. The number of esters is 1. The van der Waals surface area contributed by atoms with E-state index >= 15 is 0 Å². The van der Waals surface area contributed by atoms with E-state index in [1.165, 1.54) is 37.2 Å². The number of fused-ring (bicyclic) bond motifs is 1. The topological polar surface area (TPSA) is 88.4 Å². The average Bonchev–Trinajstić information content (AvgIpc) is 3.16. The van der Waals surface area contributed by atoms with Crippen LogP contribution in [0.25, 0.3) is 6.08 Å². The van der Waals surface area contributed by atoms with Gasteiger partial charge in [-0.3, -0.25) is 9.36 Å². The van der Waals surface area contributed by atoms with Gasteiger partial charge in [-0.25, -0.2) is 9.79 Å². The number of ether oxygens (including phenoxy) is 4. The van der Waals surface area contributed by atoms with E-state index in [-0.39, 0.29) is 17.2 Å². The highest BCUT2D eigenvalue weighted by Crippen LogP contribution is 2.38. The molecule has 4 rings (SSSR count). The van der Waals surface area contributed by atoms with Crippen molar-refractivity contribution in [1.29, 1.82) is 0 Å². The minimum Gasteiger partial charge on any atom is -0.493 e. The highest BCUT2D eigenvalue weighted by molar-refractivity contribution is 7.07. The van der Waals surface area contributed by atoms with Gasteiger partial charge in [0.05, 0.1) is 43.2 Å². The highest BCUT2D eigenvalue weighted by Gasteiger charge is 2.34. The third-order valence-corrected chi connectivity index (χ3v) is 7.10.